The first kappa shape index (κ1) is 10.1. The van der Waals surface area contributed by atoms with Gasteiger partial charge in [0.05, 0.1) is 0 Å². The molecule has 0 heterocycles. The quantitative estimate of drug-likeness (QED) is 0.729. The van der Waals surface area contributed by atoms with E-state index in [2.05, 4.69) is 6.92 Å². The fourth-order valence-corrected chi connectivity index (χ4v) is 5.55. The second kappa shape index (κ2) is 2.98. The van der Waals surface area contributed by atoms with Crippen LogP contribution in [0.3, 0.4) is 0 Å². The lowest BCUT2D eigenvalue weighted by Gasteiger charge is -2.49. The Morgan fingerprint density at radius 1 is 1.13 bits per heavy atom. The maximum absolute atomic E-state index is 9.90. The van der Waals surface area contributed by atoms with Gasteiger partial charge in [0.15, 0.2) is 0 Å². The van der Waals surface area contributed by atoms with Gasteiger partial charge in [-0.25, -0.2) is 0 Å². The van der Waals surface area contributed by atoms with Crippen LogP contribution in [0, 0.1) is 28.6 Å². The van der Waals surface area contributed by atoms with Gasteiger partial charge in [-0.15, -0.1) is 0 Å². The minimum Gasteiger partial charge on any atom is -0.396 e. The van der Waals surface area contributed by atoms with Crippen molar-refractivity contribution in [3.8, 4) is 0 Å². The van der Waals surface area contributed by atoms with E-state index in [0.29, 0.717) is 25.0 Å². The Bertz CT molecular complexity index is 278. The van der Waals surface area contributed by atoms with Crippen molar-refractivity contribution in [2.24, 2.45) is 28.6 Å². The Kier molecular flexibility index (Phi) is 2.01. The molecule has 0 saturated heterocycles. The summed E-state index contributed by atoms with van der Waals surface area (Å²) in [6, 6.07) is 0. The molecule has 2 nitrogen and oxygen atoms in total. The first-order valence-corrected chi connectivity index (χ1v) is 6.42. The zero-order chi connectivity index (χ0) is 10.7. The third-order valence-electron chi connectivity index (χ3n) is 6.22. The Morgan fingerprint density at radius 3 is 2.60 bits per heavy atom. The molecular weight excluding hydrogens is 188 g/mol. The molecule has 3 rings (SSSR count). The maximum Gasteiger partial charge on any atom is 0.0498 e. The van der Waals surface area contributed by atoms with Gasteiger partial charge >= 0.3 is 0 Å². The molecule has 0 aromatic carbocycles. The van der Waals surface area contributed by atoms with Crippen LogP contribution in [0.1, 0.15) is 39.0 Å². The van der Waals surface area contributed by atoms with Crippen LogP contribution in [-0.4, -0.2) is 23.4 Å². The Labute approximate surface area is 91.7 Å². The molecule has 3 saturated carbocycles. The predicted molar refractivity (Wildman–Crippen MR) is 58.3 cm³/mol. The monoisotopic (exact) mass is 210 g/mol. The normalized spacial score (nSPS) is 57.4. The zero-order valence-corrected chi connectivity index (χ0v) is 9.58. The van der Waals surface area contributed by atoms with Crippen molar-refractivity contribution in [2.45, 2.75) is 39.0 Å². The van der Waals surface area contributed by atoms with E-state index in [-0.39, 0.29) is 10.8 Å². The van der Waals surface area contributed by atoms with Gasteiger partial charge in [-0.3, -0.25) is 0 Å². The number of rotatable bonds is 2. The van der Waals surface area contributed by atoms with Crippen LogP contribution in [0.25, 0.3) is 0 Å². The molecule has 0 aromatic rings. The lowest BCUT2D eigenvalue weighted by atomic mass is 9.57. The first-order valence-electron chi connectivity index (χ1n) is 6.42. The summed E-state index contributed by atoms with van der Waals surface area (Å²) in [7, 11) is 0. The third kappa shape index (κ3) is 0.898. The molecule has 2 N–H and O–H groups in total. The van der Waals surface area contributed by atoms with Crippen molar-refractivity contribution in [2.75, 3.05) is 13.2 Å². The fourth-order valence-electron chi connectivity index (χ4n) is 5.55. The number of hydrogen-bond acceptors (Lipinski definition) is 2. The molecule has 5 atom stereocenters. The van der Waals surface area contributed by atoms with Gasteiger partial charge in [-0.2, -0.15) is 0 Å². The van der Waals surface area contributed by atoms with Crippen molar-refractivity contribution in [3.05, 3.63) is 0 Å². The molecule has 0 radical (unpaired) electrons. The molecule has 0 aliphatic heterocycles. The molecule has 2 heteroatoms. The van der Waals surface area contributed by atoms with Crippen molar-refractivity contribution < 1.29 is 10.2 Å². The molecule has 86 valence electrons. The minimum absolute atomic E-state index is 0.0741. The Balaban J connectivity index is 2.08. The van der Waals surface area contributed by atoms with Gasteiger partial charge in [-0.1, -0.05) is 6.92 Å². The summed E-state index contributed by atoms with van der Waals surface area (Å²) in [5.41, 5.74) is 0.150. The number of aliphatic hydroxyl groups excluding tert-OH is 2. The third-order valence-corrected chi connectivity index (χ3v) is 6.22. The van der Waals surface area contributed by atoms with Gasteiger partial charge in [0, 0.05) is 24.0 Å². The molecule has 5 unspecified atom stereocenters. The second-order valence-corrected chi connectivity index (χ2v) is 6.22. The van der Waals surface area contributed by atoms with Crippen LogP contribution < -0.4 is 0 Å². The van der Waals surface area contributed by atoms with Crippen molar-refractivity contribution in [1.82, 2.24) is 0 Å². The van der Waals surface area contributed by atoms with E-state index < -0.39 is 0 Å². The lowest BCUT2D eigenvalue weighted by molar-refractivity contribution is -0.0852. The molecule has 2 bridgehead atoms. The molecule has 15 heavy (non-hydrogen) atoms. The summed E-state index contributed by atoms with van der Waals surface area (Å²) in [6.07, 6.45) is 6.16. The first-order chi connectivity index (χ1) is 7.20. The fraction of sp³-hybridized carbons (Fsp3) is 1.00. The van der Waals surface area contributed by atoms with Crippen molar-refractivity contribution in [3.63, 3.8) is 0 Å². The summed E-state index contributed by atoms with van der Waals surface area (Å²) in [5.74, 6) is 2.11. The average molecular weight is 210 g/mol. The minimum atomic E-state index is 0.0741. The van der Waals surface area contributed by atoms with E-state index in [0.717, 1.165) is 12.3 Å². The molecule has 3 fully saturated rings. The highest BCUT2D eigenvalue weighted by Gasteiger charge is 2.69. The summed E-state index contributed by atoms with van der Waals surface area (Å²) in [6.45, 7) is 2.88. The number of aliphatic hydroxyl groups is 2. The number of fused-ring (bicyclic) bond motifs is 5. The summed E-state index contributed by atoms with van der Waals surface area (Å²) in [4.78, 5) is 0. The van der Waals surface area contributed by atoms with Crippen molar-refractivity contribution in [1.29, 1.82) is 0 Å². The number of hydrogen-bond donors (Lipinski definition) is 2. The van der Waals surface area contributed by atoms with Crippen LogP contribution in [0.4, 0.5) is 0 Å². The summed E-state index contributed by atoms with van der Waals surface area (Å²) < 4.78 is 0. The van der Waals surface area contributed by atoms with Crippen LogP contribution in [0.2, 0.25) is 0 Å². The second-order valence-electron chi connectivity index (χ2n) is 6.22. The van der Waals surface area contributed by atoms with E-state index >= 15 is 0 Å². The van der Waals surface area contributed by atoms with E-state index in [1.165, 1.54) is 25.7 Å². The SMILES string of the molecule is CC1CCC2C3CCC(CO)(C3)C12CO. The molecule has 0 amide bonds. The highest BCUT2D eigenvalue weighted by Crippen LogP contribution is 2.73. The molecule has 0 spiro atoms. The van der Waals surface area contributed by atoms with E-state index in [4.69, 9.17) is 0 Å². The Morgan fingerprint density at radius 2 is 1.93 bits per heavy atom. The van der Waals surface area contributed by atoms with Crippen LogP contribution in [0.5, 0.6) is 0 Å². The van der Waals surface area contributed by atoms with E-state index in [1.807, 2.05) is 0 Å². The zero-order valence-electron chi connectivity index (χ0n) is 9.58. The molecule has 3 aliphatic carbocycles. The standard InChI is InChI=1S/C13H22O2/c1-9-2-3-11-10-4-5-12(6-10,7-14)13(9,11)8-15/h9-11,14-15H,2-8H2,1H3. The van der Waals surface area contributed by atoms with Gasteiger partial charge < -0.3 is 10.2 Å². The Hall–Kier alpha value is -0.0800. The topological polar surface area (TPSA) is 40.5 Å². The van der Waals surface area contributed by atoms with Crippen LogP contribution in [-0.2, 0) is 0 Å². The van der Waals surface area contributed by atoms with E-state index in [1.54, 1.807) is 0 Å². The van der Waals surface area contributed by atoms with Crippen LogP contribution >= 0.6 is 0 Å². The summed E-state index contributed by atoms with van der Waals surface area (Å²) >= 11 is 0. The molecule has 3 aliphatic rings. The van der Waals surface area contributed by atoms with Gasteiger partial charge in [0.1, 0.15) is 0 Å². The van der Waals surface area contributed by atoms with Crippen molar-refractivity contribution >= 4 is 0 Å². The largest absolute Gasteiger partial charge is 0.396 e. The highest BCUT2D eigenvalue weighted by atomic mass is 16.3. The van der Waals surface area contributed by atoms with Gasteiger partial charge in [0.25, 0.3) is 0 Å². The van der Waals surface area contributed by atoms with Crippen LogP contribution in [0.15, 0.2) is 0 Å². The lowest BCUT2D eigenvalue weighted by Crippen LogP contribution is -2.49. The van der Waals surface area contributed by atoms with E-state index in [9.17, 15) is 10.2 Å². The smallest absolute Gasteiger partial charge is 0.0498 e. The maximum atomic E-state index is 9.90. The average Bonchev–Trinajstić information content (AvgIpc) is 2.88. The predicted octanol–water partition coefficient (Wildman–Crippen LogP) is 1.80. The highest BCUT2D eigenvalue weighted by molar-refractivity contribution is 5.17. The van der Waals surface area contributed by atoms with Gasteiger partial charge in [-0.05, 0) is 49.9 Å². The molecule has 0 aromatic heterocycles. The molecular formula is C13H22O2. The summed E-state index contributed by atoms with van der Waals surface area (Å²) in [5, 5.41) is 19.7. The van der Waals surface area contributed by atoms with Gasteiger partial charge in [0.2, 0.25) is 0 Å².